The Hall–Kier alpha value is -1.53. The first-order valence-corrected chi connectivity index (χ1v) is 5.67. The van der Waals surface area contributed by atoms with Crippen LogP contribution in [0.1, 0.15) is 5.56 Å². The van der Waals surface area contributed by atoms with Crippen LogP contribution in [-0.4, -0.2) is 15.5 Å². The van der Waals surface area contributed by atoms with Crippen molar-refractivity contribution in [1.82, 2.24) is 10.2 Å². The smallest absolute Gasteiger partial charge is 0.0650 e. The Labute approximate surface area is 96.8 Å². The number of hydrogen-bond donors (Lipinski definition) is 1. The van der Waals surface area contributed by atoms with Gasteiger partial charge in [0.2, 0.25) is 0 Å². The first kappa shape index (κ1) is 10.0. The van der Waals surface area contributed by atoms with Gasteiger partial charge in [-0.1, -0.05) is 39.9 Å². The molecule has 0 aliphatic heterocycles. The van der Waals surface area contributed by atoms with E-state index in [-0.39, 0.29) is 0 Å². The fraction of sp³-hybridized carbons (Fsp3) is 0.0833. The number of rotatable bonds is 1. The highest BCUT2D eigenvalue weighted by Crippen LogP contribution is 2.15. The van der Waals surface area contributed by atoms with Crippen LogP contribution < -0.4 is 0 Å². The van der Waals surface area contributed by atoms with Gasteiger partial charge in [-0.3, -0.25) is 5.10 Å². The molecular formula is C12H9BrN2. The van der Waals surface area contributed by atoms with Crippen molar-refractivity contribution in [1.29, 1.82) is 0 Å². The van der Waals surface area contributed by atoms with Gasteiger partial charge in [0, 0.05) is 11.8 Å². The highest BCUT2D eigenvalue weighted by molar-refractivity contribution is 9.09. The normalized spacial score (nSPS) is 9.40. The van der Waals surface area contributed by atoms with Crippen molar-refractivity contribution in [2.24, 2.45) is 0 Å². The SMILES string of the molecule is BrCC#Cc1ccc(-c2ccn[nH]2)cc1. The lowest BCUT2D eigenvalue weighted by atomic mass is 10.1. The van der Waals surface area contributed by atoms with Crippen LogP contribution in [0, 0.1) is 11.8 Å². The van der Waals surface area contributed by atoms with E-state index in [0.717, 1.165) is 16.8 Å². The minimum atomic E-state index is 0.704. The number of nitrogens with zero attached hydrogens (tertiary/aromatic N) is 1. The molecule has 2 aromatic rings. The van der Waals surface area contributed by atoms with E-state index in [2.05, 4.69) is 38.0 Å². The van der Waals surface area contributed by atoms with Crippen LogP contribution in [0.2, 0.25) is 0 Å². The van der Waals surface area contributed by atoms with Crippen LogP contribution >= 0.6 is 15.9 Å². The molecule has 2 rings (SSSR count). The molecule has 0 radical (unpaired) electrons. The Morgan fingerprint density at radius 2 is 2.00 bits per heavy atom. The van der Waals surface area contributed by atoms with Crippen molar-refractivity contribution < 1.29 is 0 Å². The molecule has 74 valence electrons. The van der Waals surface area contributed by atoms with E-state index >= 15 is 0 Å². The Bertz CT molecular complexity index is 475. The highest BCUT2D eigenvalue weighted by Gasteiger charge is 1.96. The molecule has 0 aliphatic rings. The lowest BCUT2D eigenvalue weighted by molar-refractivity contribution is 1.10. The van der Waals surface area contributed by atoms with Gasteiger partial charge in [-0.05, 0) is 23.8 Å². The molecule has 0 amide bonds. The van der Waals surface area contributed by atoms with Crippen LogP contribution in [0.4, 0.5) is 0 Å². The van der Waals surface area contributed by atoms with Crippen molar-refractivity contribution in [3.8, 4) is 23.1 Å². The van der Waals surface area contributed by atoms with E-state index in [1.807, 2.05) is 30.3 Å². The molecule has 0 atom stereocenters. The van der Waals surface area contributed by atoms with E-state index in [4.69, 9.17) is 0 Å². The Kier molecular flexibility index (Phi) is 3.21. The van der Waals surface area contributed by atoms with Gasteiger partial charge in [-0.25, -0.2) is 0 Å². The third-order valence-electron chi connectivity index (χ3n) is 2.00. The number of H-pyrrole nitrogens is 1. The maximum atomic E-state index is 3.91. The fourth-order valence-corrected chi connectivity index (χ4v) is 1.43. The number of hydrogen-bond acceptors (Lipinski definition) is 1. The summed E-state index contributed by atoms with van der Waals surface area (Å²) in [5.74, 6) is 6.01. The molecule has 1 N–H and O–H groups in total. The average Bonchev–Trinajstić information content (AvgIpc) is 2.80. The van der Waals surface area contributed by atoms with Gasteiger partial charge in [0.05, 0.1) is 11.0 Å². The van der Waals surface area contributed by atoms with Gasteiger partial charge in [0.25, 0.3) is 0 Å². The predicted octanol–water partition coefficient (Wildman–Crippen LogP) is 2.82. The van der Waals surface area contributed by atoms with E-state index in [1.165, 1.54) is 0 Å². The topological polar surface area (TPSA) is 28.7 Å². The van der Waals surface area contributed by atoms with Gasteiger partial charge in [-0.2, -0.15) is 5.10 Å². The second-order valence-corrected chi connectivity index (χ2v) is 3.54. The maximum absolute atomic E-state index is 3.91. The Morgan fingerprint density at radius 3 is 2.60 bits per heavy atom. The minimum absolute atomic E-state index is 0.704. The van der Waals surface area contributed by atoms with Crippen LogP contribution in [0.25, 0.3) is 11.3 Å². The summed E-state index contributed by atoms with van der Waals surface area (Å²) in [5, 5.41) is 7.54. The van der Waals surface area contributed by atoms with Crippen LogP contribution in [-0.2, 0) is 0 Å². The monoisotopic (exact) mass is 260 g/mol. The first-order valence-electron chi connectivity index (χ1n) is 4.55. The maximum Gasteiger partial charge on any atom is 0.0650 e. The predicted molar refractivity (Wildman–Crippen MR) is 64.7 cm³/mol. The molecule has 2 nitrogen and oxygen atoms in total. The van der Waals surface area contributed by atoms with E-state index in [9.17, 15) is 0 Å². The lowest BCUT2D eigenvalue weighted by Crippen LogP contribution is -1.79. The van der Waals surface area contributed by atoms with Crippen molar-refractivity contribution >= 4 is 15.9 Å². The van der Waals surface area contributed by atoms with Crippen molar-refractivity contribution in [2.45, 2.75) is 0 Å². The largest absolute Gasteiger partial charge is 0.278 e. The van der Waals surface area contributed by atoms with Crippen LogP contribution in [0.5, 0.6) is 0 Å². The van der Waals surface area contributed by atoms with Gasteiger partial charge in [-0.15, -0.1) is 0 Å². The summed E-state index contributed by atoms with van der Waals surface area (Å²) in [6.07, 6.45) is 1.74. The van der Waals surface area contributed by atoms with E-state index in [0.29, 0.717) is 5.33 Å². The number of benzene rings is 1. The van der Waals surface area contributed by atoms with Gasteiger partial charge >= 0.3 is 0 Å². The number of halogens is 1. The minimum Gasteiger partial charge on any atom is -0.278 e. The van der Waals surface area contributed by atoms with Crippen molar-refractivity contribution in [3.63, 3.8) is 0 Å². The zero-order valence-corrected chi connectivity index (χ0v) is 9.58. The molecule has 0 fully saturated rings. The molecule has 0 saturated heterocycles. The van der Waals surface area contributed by atoms with Crippen molar-refractivity contribution in [2.75, 3.05) is 5.33 Å². The zero-order valence-electron chi connectivity index (χ0n) is 8.00. The van der Waals surface area contributed by atoms with Gasteiger partial charge in [0.1, 0.15) is 0 Å². The van der Waals surface area contributed by atoms with Gasteiger partial charge in [0.15, 0.2) is 0 Å². The number of alkyl halides is 1. The molecule has 3 heteroatoms. The molecule has 0 spiro atoms. The summed E-state index contributed by atoms with van der Waals surface area (Å²) in [6.45, 7) is 0. The summed E-state index contributed by atoms with van der Waals surface area (Å²) in [5.41, 5.74) is 3.17. The third-order valence-corrected chi connectivity index (χ3v) is 2.28. The third kappa shape index (κ3) is 2.48. The Morgan fingerprint density at radius 1 is 1.20 bits per heavy atom. The molecular weight excluding hydrogens is 252 g/mol. The molecule has 1 heterocycles. The first-order chi connectivity index (χ1) is 7.40. The standard InChI is InChI=1S/C12H9BrN2/c13-8-1-2-10-3-5-11(6-4-10)12-7-9-14-15-12/h3-7,9H,8H2,(H,14,15). The van der Waals surface area contributed by atoms with Crippen molar-refractivity contribution in [3.05, 3.63) is 42.1 Å². The fourth-order valence-electron chi connectivity index (χ4n) is 1.29. The van der Waals surface area contributed by atoms with Gasteiger partial charge < -0.3 is 0 Å². The summed E-state index contributed by atoms with van der Waals surface area (Å²) >= 11 is 3.27. The summed E-state index contributed by atoms with van der Waals surface area (Å²) in [6, 6.07) is 10.0. The van der Waals surface area contributed by atoms with Crippen LogP contribution in [0.15, 0.2) is 36.5 Å². The molecule has 1 aromatic carbocycles. The molecule has 15 heavy (non-hydrogen) atoms. The highest BCUT2D eigenvalue weighted by atomic mass is 79.9. The second kappa shape index (κ2) is 4.81. The molecule has 0 unspecified atom stereocenters. The second-order valence-electron chi connectivity index (χ2n) is 2.98. The molecule has 0 saturated carbocycles. The van der Waals surface area contributed by atoms with E-state index in [1.54, 1.807) is 6.20 Å². The number of aromatic nitrogens is 2. The van der Waals surface area contributed by atoms with E-state index < -0.39 is 0 Å². The summed E-state index contributed by atoms with van der Waals surface area (Å²) < 4.78 is 0. The quantitative estimate of drug-likeness (QED) is 0.620. The number of nitrogens with one attached hydrogen (secondary N) is 1. The summed E-state index contributed by atoms with van der Waals surface area (Å²) in [7, 11) is 0. The summed E-state index contributed by atoms with van der Waals surface area (Å²) in [4.78, 5) is 0. The Balaban J connectivity index is 2.25. The molecule has 0 bridgehead atoms. The average molecular weight is 261 g/mol. The molecule has 0 aliphatic carbocycles. The molecule has 1 aromatic heterocycles. The zero-order chi connectivity index (χ0) is 10.5. The number of aromatic amines is 1. The van der Waals surface area contributed by atoms with Crippen LogP contribution in [0.3, 0.4) is 0 Å². The lowest BCUT2D eigenvalue weighted by Gasteiger charge is -1.96.